The van der Waals surface area contributed by atoms with Crippen LogP contribution >= 0.6 is 0 Å². The second-order valence-electron chi connectivity index (χ2n) is 11.1. The van der Waals surface area contributed by atoms with Crippen LogP contribution in [0, 0.1) is 0 Å². The van der Waals surface area contributed by atoms with Gasteiger partial charge in [0, 0.05) is 0 Å². The van der Waals surface area contributed by atoms with E-state index in [0.29, 0.717) is 0 Å². The Morgan fingerprint density at radius 2 is 0.711 bits per heavy atom. The molecule has 0 radical (unpaired) electrons. The number of hydrogen-bond acceptors (Lipinski definition) is 21. The van der Waals surface area contributed by atoms with Gasteiger partial charge in [0.15, 0.2) is 25.2 Å². The van der Waals surface area contributed by atoms with Crippen LogP contribution in [0.1, 0.15) is 0 Å². The molecule has 264 valence electrons. The fraction of sp³-hybridized carbons (Fsp3) is 1.00. The maximum Gasteiger partial charge on any atom is 0.187 e. The van der Waals surface area contributed by atoms with E-state index < -0.39 is 149 Å². The standard InChI is InChI=1S/C24H42O21/c25-1-5-9(29)11(31)15(35)22(40-5)45-20-10(30)6(2-26)41-24(17(20)37)44-19-8(4-28)42-23(16(36)13(19)33)43-18-7(3-27)39-21(38)14(34)12(18)32/h5-38H,1-4H2/t5-,6-,7-,8-,9-,10-,11+,12-,13-,14-,15-,16-,17-,18-,19-,20+,21?,22+,23+,24+/m1/s1. The molecule has 0 aliphatic carbocycles. The van der Waals surface area contributed by atoms with Gasteiger partial charge in [0.1, 0.15) is 97.7 Å². The van der Waals surface area contributed by atoms with Crippen molar-refractivity contribution in [2.75, 3.05) is 26.4 Å². The molecule has 4 aliphatic heterocycles. The Labute approximate surface area is 254 Å². The molecule has 14 N–H and O–H groups in total. The van der Waals surface area contributed by atoms with Gasteiger partial charge in [-0.05, 0) is 0 Å². The molecular weight excluding hydrogens is 624 g/mol. The average Bonchev–Trinajstić information content (AvgIpc) is 3.03. The van der Waals surface area contributed by atoms with Crippen LogP contribution < -0.4 is 0 Å². The quantitative estimate of drug-likeness (QED) is 0.103. The highest BCUT2D eigenvalue weighted by molar-refractivity contribution is 4.97. The fourth-order valence-corrected chi connectivity index (χ4v) is 5.54. The van der Waals surface area contributed by atoms with Crippen molar-refractivity contribution in [3.05, 3.63) is 0 Å². The van der Waals surface area contributed by atoms with E-state index in [0.717, 1.165) is 0 Å². The summed E-state index contributed by atoms with van der Waals surface area (Å²) in [5.74, 6) is 0. The van der Waals surface area contributed by atoms with Crippen molar-refractivity contribution in [2.45, 2.75) is 123 Å². The molecule has 21 heteroatoms. The number of ether oxygens (including phenoxy) is 7. The first-order valence-electron chi connectivity index (χ1n) is 14.1. The third-order valence-electron chi connectivity index (χ3n) is 8.20. The van der Waals surface area contributed by atoms with Gasteiger partial charge in [0.2, 0.25) is 0 Å². The molecule has 0 aromatic carbocycles. The highest BCUT2D eigenvalue weighted by atomic mass is 16.8. The molecule has 4 heterocycles. The third-order valence-corrected chi connectivity index (χ3v) is 8.20. The molecule has 0 aromatic rings. The van der Waals surface area contributed by atoms with Crippen LogP contribution in [0.15, 0.2) is 0 Å². The Bertz CT molecular complexity index is 912. The van der Waals surface area contributed by atoms with Gasteiger partial charge in [-0.15, -0.1) is 0 Å². The summed E-state index contributed by atoms with van der Waals surface area (Å²) in [4.78, 5) is 0. The zero-order chi connectivity index (χ0) is 33.3. The Hall–Kier alpha value is -0.840. The summed E-state index contributed by atoms with van der Waals surface area (Å²) in [6.07, 6.45) is -35.6. The van der Waals surface area contributed by atoms with Crippen LogP contribution in [0.25, 0.3) is 0 Å². The zero-order valence-corrected chi connectivity index (χ0v) is 23.5. The molecule has 0 amide bonds. The van der Waals surface area contributed by atoms with Gasteiger partial charge in [-0.1, -0.05) is 0 Å². The summed E-state index contributed by atoms with van der Waals surface area (Å²) in [5.41, 5.74) is 0. The second-order valence-corrected chi connectivity index (χ2v) is 11.1. The molecule has 1 unspecified atom stereocenters. The number of aliphatic hydroxyl groups excluding tert-OH is 14. The first-order chi connectivity index (χ1) is 21.3. The van der Waals surface area contributed by atoms with E-state index in [2.05, 4.69) is 0 Å². The Kier molecular flexibility index (Phi) is 12.8. The van der Waals surface area contributed by atoms with Crippen LogP contribution in [0.2, 0.25) is 0 Å². The van der Waals surface area contributed by atoms with E-state index in [-0.39, 0.29) is 0 Å². The first kappa shape index (κ1) is 37.0. The van der Waals surface area contributed by atoms with Crippen molar-refractivity contribution < 1.29 is 105 Å². The van der Waals surface area contributed by atoms with Crippen LogP contribution in [-0.4, -0.2) is 221 Å². The lowest BCUT2D eigenvalue weighted by Crippen LogP contribution is -2.67. The summed E-state index contributed by atoms with van der Waals surface area (Å²) in [7, 11) is 0. The topological polar surface area (TPSA) is 348 Å². The molecular formula is C24H42O21. The van der Waals surface area contributed by atoms with E-state index in [1.54, 1.807) is 0 Å². The van der Waals surface area contributed by atoms with Crippen LogP contribution in [0.5, 0.6) is 0 Å². The summed E-state index contributed by atoms with van der Waals surface area (Å²) < 4.78 is 37.7. The predicted octanol–water partition coefficient (Wildman–Crippen LogP) is -9.75. The molecule has 4 rings (SSSR count). The smallest absolute Gasteiger partial charge is 0.187 e. The molecule has 21 nitrogen and oxygen atoms in total. The third kappa shape index (κ3) is 7.44. The largest absolute Gasteiger partial charge is 0.394 e. The number of rotatable bonds is 10. The van der Waals surface area contributed by atoms with Gasteiger partial charge in [0.05, 0.1) is 26.4 Å². The minimum atomic E-state index is -2.02. The van der Waals surface area contributed by atoms with Crippen LogP contribution in [-0.2, 0) is 33.2 Å². The molecule has 0 saturated carbocycles. The normalized spacial score (nSPS) is 52.9. The maximum absolute atomic E-state index is 11.0. The maximum atomic E-state index is 11.0. The molecule has 0 aromatic heterocycles. The molecule has 4 fully saturated rings. The van der Waals surface area contributed by atoms with Crippen molar-refractivity contribution >= 4 is 0 Å². The highest BCUT2D eigenvalue weighted by Crippen LogP contribution is 2.34. The van der Waals surface area contributed by atoms with Crippen LogP contribution in [0.3, 0.4) is 0 Å². The van der Waals surface area contributed by atoms with Gasteiger partial charge >= 0.3 is 0 Å². The SMILES string of the molecule is OC[C@H]1O[C@@H](O[C@@H]2[C@@H](O)[C@H](O[C@H]3[C@H](O)[C@@H](O)[C@H](O[C@H]4[C@H](O)[C@@H](O)C(O)O[C@@H]4CO)O[C@@H]3CO)O[C@H](CO)[C@H]2O)[C@H](O)[C@@H](O)[C@@H]1O. The van der Waals surface area contributed by atoms with Crippen molar-refractivity contribution in [1.29, 1.82) is 0 Å². The van der Waals surface area contributed by atoms with E-state index in [9.17, 15) is 71.5 Å². The number of hydrogen-bond donors (Lipinski definition) is 14. The molecule has 0 spiro atoms. The summed E-state index contributed by atoms with van der Waals surface area (Å²) in [6.45, 7) is -3.41. The van der Waals surface area contributed by atoms with Crippen molar-refractivity contribution in [3.8, 4) is 0 Å². The first-order valence-corrected chi connectivity index (χ1v) is 14.1. The van der Waals surface area contributed by atoms with Gasteiger partial charge in [-0.2, -0.15) is 0 Å². The van der Waals surface area contributed by atoms with Crippen molar-refractivity contribution in [2.24, 2.45) is 0 Å². The van der Waals surface area contributed by atoms with Crippen LogP contribution in [0.4, 0.5) is 0 Å². The monoisotopic (exact) mass is 666 g/mol. The lowest BCUT2D eigenvalue weighted by Gasteiger charge is -2.49. The van der Waals surface area contributed by atoms with Crippen molar-refractivity contribution in [1.82, 2.24) is 0 Å². The molecule has 4 aliphatic rings. The van der Waals surface area contributed by atoms with Gasteiger partial charge in [0.25, 0.3) is 0 Å². The van der Waals surface area contributed by atoms with E-state index in [1.807, 2.05) is 0 Å². The number of aliphatic hydroxyl groups is 14. The minimum absolute atomic E-state index is 0.806. The molecule has 45 heavy (non-hydrogen) atoms. The minimum Gasteiger partial charge on any atom is -0.394 e. The van der Waals surface area contributed by atoms with E-state index in [1.165, 1.54) is 0 Å². The fourth-order valence-electron chi connectivity index (χ4n) is 5.54. The Balaban J connectivity index is 1.48. The van der Waals surface area contributed by atoms with E-state index in [4.69, 9.17) is 33.2 Å². The van der Waals surface area contributed by atoms with Crippen molar-refractivity contribution in [3.63, 3.8) is 0 Å². The molecule has 4 saturated heterocycles. The zero-order valence-electron chi connectivity index (χ0n) is 23.5. The summed E-state index contributed by atoms with van der Waals surface area (Å²) in [6, 6.07) is 0. The summed E-state index contributed by atoms with van der Waals surface area (Å²) >= 11 is 0. The molecule has 0 bridgehead atoms. The van der Waals surface area contributed by atoms with Gasteiger partial charge in [-0.25, -0.2) is 0 Å². The van der Waals surface area contributed by atoms with E-state index >= 15 is 0 Å². The highest BCUT2D eigenvalue weighted by Gasteiger charge is 2.55. The average molecular weight is 667 g/mol. The lowest BCUT2D eigenvalue weighted by atomic mass is 9.95. The molecule has 20 atom stereocenters. The Morgan fingerprint density at radius 3 is 1.22 bits per heavy atom. The lowest BCUT2D eigenvalue weighted by molar-refractivity contribution is -0.388. The van der Waals surface area contributed by atoms with Gasteiger partial charge < -0.3 is 105 Å². The van der Waals surface area contributed by atoms with Gasteiger partial charge in [-0.3, -0.25) is 0 Å². The predicted molar refractivity (Wildman–Crippen MR) is 134 cm³/mol. The Morgan fingerprint density at radius 1 is 0.333 bits per heavy atom. The summed E-state index contributed by atoms with van der Waals surface area (Å²) in [5, 5.41) is 142. The second kappa shape index (κ2) is 15.6.